The fraction of sp³-hybridized carbons (Fsp3) is 0.125. The van der Waals surface area contributed by atoms with Crippen molar-refractivity contribution in [3.8, 4) is 6.07 Å². The predicted molar refractivity (Wildman–Crippen MR) is 73.5 cm³/mol. The Morgan fingerprint density at radius 2 is 2.10 bits per heavy atom. The van der Waals surface area contributed by atoms with E-state index in [0.717, 1.165) is 5.56 Å². The number of amides is 1. The van der Waals surface area contributed by atoms with Crippen LogP contribution in [0.25, 0.3) is 0 Å². The van der Waals surface area contributed by atoms with E-state index in [1.165, 1.54) is 12.1 Å². The molecular weight excluding hydrogens is 255 g/mol. The fourth-order valence-electron chi connectivity index (χ4n) is 1.83. The zero-order valence-electron chi connectivity index (χ0n) is 11.0. The molecule has 20 heavy (non-hydrogen) atoms. The smallest absolute Gasteiger partial charge is 0.251 e. The second-order valence-electron chi connectivity index (χ2n) is 4.46. The van der Waals surface area contributed by atoms with Crippen LogP contribution >= 0.6 is 0 Å². The van der Waals surface area contributed by atoms with Gasteiger partial charge in [0.1, 0.15) is 5.82 Å². The zero-order chi connectivity index (χ0) is 14.5. The Kier molecular flexibility index (Phi) is 4.11. The van der Waals surface area contributed by atoms with Crippen LogP contribution in [0, 0.1) is 24.1 Å². The van der Waals surface area contributed by atoms with Crippen molar-refractivity contribution in [1.82, 2.24) is 5.32 Å². The van der Waals surface area contributed by atoms with Gasteiger partial charge in [0.2, 0.25) is 0 Å². The topological polar surface area (TPSA) is 52.9 Å². The van der Waals surface area contributed by atoms with Crippen LogP contribution in [-0.4, -0.2) is 5.91 Å². The Morgan fingerprint density at radius 1 is 1.30 bits per heavy atom. The van der Waals surface area contributed by atoms with Gasteiger partial charge >= 0.3 is 0 Å². The second-order valence-corrected chi connectivity index (χ2v) is 4.46. The second kappa shape index (κ2) is 5.98. The molecule has 2 rings (SSSR count). The first-order chi connectivity index (χ1) is 9.60. The highest BCUT2D eigenvalue weighted by molar-refractivity contribution is 5.94. The van der Waals surface area contributed by atoms with Crippen LogP contribution in [0.4, 0.5) is 4.39 Å². The minimum Gasteiger partial charge on any atom is -0.348 e. The van der Waals surface area contributed by atoms with E-state index in [2.05, 4.69) is 5.32 Å². The van der Waals surface area contributed by atoms with Gasteiger partial charge in [0.05, 0.1) is 11.6 Å². The maximum absolute atomic E-state index is 13.1. The van der Waals surface area contributed by atoms with Crippen molar-refractivity contribution in [2.24, 2.45) is 0 Å². The first-order valence-corrected chi connectivity index (χ1v) is 6.13. The Bertz CT molecular complexity index is 689. The van der Waals surface area contributed by atoms with Crippen molar-refractivity contribution < 1.29 is 9.18 Å². The molecule has 0 aliphatic carbocycles. The average Bonchev–Trinajstić information content (AvgIpc) is 2.48. The molecular formula is C16H13FN2O. The lowest BCUT2D eigenvalue weighted by atomic mass is 10.1. The van der Waals surface area contributed by atoms with E-state index in [4.69, 9.17) is 5.26 Å². The summed E-state index contributed by atoms with van der Waals surface area (Å²) in [7, 11) is 0. The number of benzene rings is 2. The van der Waals surface area contributed by atoms with Crippen LogP contribution in [0.5, 0.6) is 0 Å². The Hall–Kier alpha value is -2.67. The third kappa shape index (κ3) is 3.21. The molecule has 0 aliphatic rings. The molecule has 0 bridgehead atoms. The summed E-state index contributed by atoms with van der Waals surface area (Å²) in [6.45, 7) is 1.99. The van der Waals surface area contributed by atoms with E-state index in [1.807, 2.05) is 6.07 Å². The van der Waals surface area contributed by atoms with Crippen molar-refractivity contribution >= 4 is 5.91 Å². The molecule has 100 valence electrons. The molecule has 2 aromatic carbocycles. The van der Waals surface area contributed by atoms with Gasteiger partial charge in [-0.1, -0.05) is 18.2 Å². The monoisotopic (exact) mass is 268 g/mol. The van der Waals surface area contributed by atoms with Gasteiger partial charge < -0.3 is 5.32 Å². The van der Waals surface area contributed by atoms with Gasteiger partial charge in [-0.2, -0.15) is 5.26 Å². The van der Waals surface area contributed by atoms with Crippen LogP contribution in [0.15, 0.2) is 42.5 Å². The van der Waals surface area contributed by atoms with Crippen molar-refractivity contribution in [3.05, 3.63) is 70.5 Å². The zero-order valence-corrected chi connectivity index (χ0v) is 11.0. The first-order valence-electron chi connectivity index (χ1n) is 6.13. The average molecular weight is 268 g/mol. The maximum atomic E-state index is 13.1. The molecule has 0 saturated carbocycles. The molecule has 0 aliphatic heterocycles. The highest BCUT2D eigenvalue weighted by Crippen LogP contribution is 2.09. The van der Waals surface area contributed by atoms with E-state index in [-0.39, 0.29) is 11.7 Å². The van der Waals surface area contributed by atoms with Crippen molar-refractivity contribution in [2.75, 3.05) is 0 Å². The van der Waals surface area contributed by atoms with E-state index in [1.54, 1.807) is 37.3 Å². The van der Waals surface area contributed by atoms with Gasteiger partial charge in [0.25, 0.3) is 5.91 Å². The predicted octanol–water partition coefficient (Wildman–Crippen LogP) is 2.94. The molecule has 0 unspecified atom stereocenters. The van der Waals surface area contributed by atoms with E-state index in [9.17, 15) is 9.18 Å². The summed E-state index contributed by atoms with van der Waals surface area (Å²) in [6, 6.07) is 13.2. The molecule has 0 heterocycles. The van der Waals surface area contributed by atoms with Gasteiger partial charge in [-0.15, -0.1) is 0 Å². The summed E-state index contributed by atoms with van der Waals surface area (Å²) < 4.78 is 13.1. The maximum Gasteiger partial charge on any atom is 0.251 e. The number of nitrogens with one attached hydrogen (secondary N) is 1. The Labute approximate surface area is 116 Å². The quantitative estimate of drug-likeness (QED) is 0.930. The van der Waals surface area contributed by atoms with Crippen LogP contribution in [0.1, 0.15) is 27.0 Å². The number of hydrogen-bond acceptors (Lipinski definition) is 2. The number of hydrogen-bond donors (Lipinski definition) is 1. The number of carbonyl (C=O) groups is 1. The molecule has 0 radical (unpaired) electrons. The Balaban J connectivity index is 2.04. The fourth-order valence-corrected chi connectivity index (χ4v) is 1.83. The number of aryl methyl sites for hydroxylation is 1. The molecule has 3 nitrogen and oxygen atoms in total. The van der Waals surface area contributed by atoms with Gasteiger partial charge in [0, 0.05) is 12.1 Å². The number of nitrogens with zero attached hydrogens (tertiary/aromatic N) is 1. The lowest BCUT2D eigenvalue weighted by molar-refractivity contribution is 0.0951. The van der Waals surface area contributed by atoms with Gasteiger partial charge in [-0.05, 0) is 42.3 Å². The molecule has 1 N–H and O–H groups in total. The first kappa shape index (κ1) is 13.8. The number of rotatable bonds is 3. The SMILES string of the molecule is Cc1cc(CNC(=O)c2cccc(C#N)c2)ccc1F. The molecule has 0 atom stereocenters. The molecule has 4 heteroatoms. The van der Waals surface area contributed by atoms with Crippen molar-refractivity contribution in [2.45, 2.75) is 13.5 Å². The highest BCUT2D eigenvalue weighted by atomic mass is 19.1. The normalized spacial score (nSPS) is 9.85. The molecule has 0 spiro atoms. The van der Waals surface area contributed by atoms with Crippen LogP contribution in [0.2, 0.25) is 0 Å². The lowest BCUT2D eigenvalue weighted by Crippen LogP contribution is -2.22. The van der Waals surface area contributed by atoms with Crippen LogP contribution in [-0.2, 0) is 6.54 Å². The summed E-state index contributed by atoms with van der Waals surface area (Å²) in [5, 5.41) is 11.5. The molecule has 0 aromatic heterocycles. The summed E-state index contributed by atoms with van der Waals surface area (Å²) in [5.74, 6) is -0.522. The molecule has 2 aromatic rings. The van der Waals surface area contributed by atoms with Gasteiger partial charge in [0.15, 0.2) is 0 Å². The van der Waals surface area contributed by atoms with E-state index in [0.29, 0.717) is 23.2 Å². The summed E-state index contributed by atoms with van der Waals surface area (Å²) in [5.41, 5.74) is 2.25. The molecule has 0 fully saturated rings. The van der Waals surface area contributed by atoms with Crippen LogP contribution in [0.3, 0.4) is 0 Å². The lowest BCUT2D eigenvalue weighted by Gasteiger charge is -2.07. The van der Waals surface area contributed by atoms with Crippen molar-refractivity contribution in [3.63, 3.8) is 0 Å². The van der Waals surface area contributed by atoms with E-state index >= 15 is 0 Å². The standard InChI is InChI=1S/C16H13FN2O/c1-11-7-13(5-6-15(11)17)10-19-16(20)14-4-2-3-12(8-14)9-18/h2-8H,10H2,1H3,(H,19,20). The highest BCUT2D eigenvalue weighted by Gasteiger charge is 2.06. The largest absolute Gasteiger partial charge is 0.348 e. The number of nitriles is 1. The van der Waals surface area contributed by atoms with Crippen LogP contribution < -0.4 is 5.32 Å². The van der Waals surface area contributed by atoms with E-state index < -0.39 is 0 Å². The third-order valence-electron chi connectivity index (χ3n) is 2.93. The molecule has 1 amide bonds. The summed E-state index contributed by atoms with van der Waals surface area (Å²) in [6.07, 6.45) is 0. The Morgan fingerprint density at radius 3 is 2.80 bits per heavy atom. The minimum atomic E-state index is -0.262. The van der Waals surface area contributed by atoms with Gasteiger partial charge in [-0.25, -0.2) is 4.39 Å². The summed E-state index contributed by atoms with van der Waals surface area (Å²) in [4.78, 5) is 11.9. The molecule has 0 saturated heterocycles. The van der Waals surface area contributed by atoms with Crippen molar-refractivity contribution in [1.29, 1.82) is 5.26 Å². The summed E-state index contributed by atoms with van der Waals surface area (Å²) >= 11 is 0. The number of halogens is 1. The minimum absolute atomic E-state index is 0.260. The van der Waals surface area contributed by atoms with Gasteiger partial charge in [-0.3, -0.25) is 4.79 Å². The third-order valence-corrected chi connectivity index (χ3v) is 2.93. The number of carbonyl (C=O) groups excluding carboxylic acids is 1.